The van der Waals surface area contributed by atoms with Gasteiger partial charge in [-0.2, -0.15) is 0 Å². The van der Waals surface area contributed by atoms with Crippen molar-refractivity contribution in [2.75, 3.05) is 32.1 Å². The Balaban J connectivity index is 2.26. The molecule has 0 aliphatic rings. The van der Waals surface area contributed by atoms with E-state index < -0.39 is 0 Å². The van der Waals surface area contributed by atoms with Gasteiger partial charge in [0.1, 0.15) is 11.0 Å². The summed E-state index contributed by atoms with van der Waals surface area (Å²) in [5.41, 5.74) is 0. The van der Waals surface area contributed by atoms with E-state index >= 15 is 0 Å². The molecular weight excluding hydrogens is 232 g/mol. The summed E-state index contributed by atoms with van der Waals surface area (Å²) in [6.07, 6.45) is 2.92. The van der Waals surface area contributed by atoms with Crippen molar-refractivity contribution < 1.29 is 9.53 Å². The third kappa shape index (κ3) is 4.90. The van der Waals surface area contributed by atoms with Crippen LogP contribution in [0.3, 0.4) is 0 Å². The molecule has 1 amide bonds. The molecule has 0 aliphatic heterocycles. The van der Waals surface area contributed by atoms with Crippen LogP contribution in [0.2, 0.25) is 5.15 Å². The van der Waals surface area contributed by atoms with Crippen LogP contribution in [0, 0.1) is 0 Å². The van der Waals surface area contributed by atoms with Crippen molar-refractivity contribution >= 4 is 23.3 Å². The standard InChI is InChI=1S/C9H13ClN4O2/c1-16-3-2-12-9(15)6-13-8-5-11-4-7(10)14-8/h4-5H,2-3,6H2,1H3,(H,12,15)(H,13,14). The molecule has 0 atom stereocenters. The van der Waals surface area contributed by atoms with Crippen LogP contribution in [0.25, 0.3) is 0 Å². The zero-order chi connectivity index (χ0) is 11.8. The highest BCUT2D eigenvalue weighted by atomic mass is 35.5. The van der Waals surface area contributed by atoms with E-state index in [9.17, 15) is 4.79 Å². The lowest BCUT2D eigenvalue weighted by atomic mass is 10.5. The number of nitrogens with zero attached hydrogens (tertiary/aromatic N) is 2. The molecule has 0 fully saturated rings. The molecule has 7 heteroatoms. The van der Waals surface area contributed by atoms with Crippen molar-refractivity contribution in [2.24, 2.45) is 0 Å². The van der Waals surface area contributed by atoms with E-state index in [2.05, 4.69) is 20.6 Å². The van der Waals surface area contributed by atoms with Gasteiger partial charge in [-0.1, -0.05) is 11.6 Å². The Bertz CT molecular complexity index is 348. The van der Waals surface area contributed by atoms with Gasteiger partial charge in [-0.05, 0) is 0 Å². The van der Waals surface area contributed by atoms with Crippen LogP contribution in [0.1, 0.15) is 0 Å². The van der Waals surface area contributed by atoms with E-state index in [0.29, 0.717) is 19.0 Å². The van der Waals surface area contributed by atoms with Gasteiger partial charge in [0.25, 0.3) is 0 Å². The van der Waals surface area contributed by atoms with Gasteiger partial charge in [0.15, 0.2) is 0 Å². The minimum atomic E-state index is -0.140. The Hall–Kier alpha value is -1.40. The number of methoxy groups -OCH3 is 1. The lowest BCUT2D eigenvalue weighted by Gasteiger charge is -2.06. The quantitative estimate of drug-likeness (QED) is 0.704. The van der Waals surface area contributed by atoms with Gasteiger partial charge in [0.05, 0.1) is 25.5 Å². The smallest absolute Gasteiger partial charge is 0.239 e. The molecule has 1 rings (SSSR count). The number of carbonyl (C=O) groups excluding carboxylic acids is 1. The average molecular weight is 245 g/mol. The fraction of sp³-hybridized carbons (Fsp3) is 0.444. The second-order valence-corrected chi connectivity index (χ2v) is 3.31. The predicted molar refractivity (Wildman–Crippen MR) is 60.4 cm³/mol. The minimum Gasteiger partial charge on any atom is -0.383 e. The number of ether oxygens (including phenoxy) is 1. The summed E-state index contributed by atoms with van der Waals surface area (Å²) in [5, 5.41) is 5.74. The van der Waals surface area contributed by atoms with Crippen molar-refractivity contribution in [2.45, 2.75) is 0 Å². The van der Waals surface area contributed by atoms with Crippen LogP contribution in [0.15, 0.2) is 12.4 Å². The van der Waals surface area contributed by atoms with Gasteiger partial charge >= 0.3 is 0 Å². The number of hydrogen-bond acceptors (Lipinski definition) is 5. The Morgan fingerprint density at radius 2 is 2.38 bits per heavy atom. The maximum Gasteiger partial charge on any atom is 0.239 e. The molecule has 1 aromatic rings. The van der Waals surface area contributed by atoms with Crippen LogP contribution in [-0.4, -0.2) is 42.7 Å². The third-order valence-electron chi connectivity index (χ3n) is 1.66. The van der Waals surface area contributed by atoms with Crippen molar-refractivity contribution in [3.63, 3.8) is 0 Å². The molecule has 6 nitrogen and oxygen atoms in total. The van der Waals surface area contributed by atoms with E-state index in [1.807, 2.05) is 0 Å². The Labute approximate surface area is 98.4 Å². The van der Waals surface area contributed by atoms with E-state index in [1.54, 1.807) is 7.11 Å². The molecule has 0 aliphatic carbocycles. The van der Waals surface area contributed by atoms with Gasteiger partial charge < -0.3 is 15.4 Å². The highest BCUT2D eigenvalue weighted by Gasteiger charge is 2.01. The number of aromatic nitrogens is 2. The molecule has 0 spiro atoms. The molecule has 0 unspecified atom stereocenters. The van der Waals surface area contributed by atoms with Crippen LogP contribution < -0.4 is 10.6 Å². The van der Waals surface area contributed by atoms with Gasteiger partial charge in [-0.25, -0.2) is 4.98 Å². The third-order valence-corrected chi connectivity index (χ3v) is 1.85. The first-order chi connectivity index (χ1) is 7.72. The highest BCUT2D eigenvalue weighted by molar-refractivity contribution is 6.29. The molecule has 0 saturated carbocycles. The van der Waals surface area contributed by atoms with Crippen molar-refractivity contribution in [1.29, 1.82) is 0 Å². The largest absolute Gasteiger partial charge is 0.383 e. The maximum absolute atomic E-state index is 11.3. The van der Waals surface area contributed by atoms with E-state index in [1.165, 1.54) is 12.4 Å². The van der Waals surface area contributed by atoms with Crippen molar-refractivity contribution in [3.8, 4) is 0 Å². The number of carbonyl (C=O) groups is 1. The molecule has 88 valence electrons. The van der Waals surface area contributed by atoms with Gasteiger partial charge in [0, 0.05) is 13.7 Å². The lowest BCUT2D eigenvalue weighted by Crippen LogP contribution is -2.32. The lowest BCUT2D eigenvalue weighted by molar-refractivity contribution is -0.119. The van der Waals surface area contributed by atoms with Crippen LogP contribution in [-0.2, 0) is 9.53 Å². The topological polar surface area (TPSA) is 76.1 Å². The van der Waals surface area contributed by atoms with Crippen molar-refractivity contribution in [1.82, 2.24) is 15.3 Å². The maximum atomic E-state index is 11.3. The first kappa shape index (κ1) is 12.7. The number of nitrogens with one attached hydrogen (secondary N) is 2. The number of halogens is 1. The van der Waals surface area contributed by atoms with Crippen LogP contribution in [0.4, 0.5) is 5.82 Å². The number of anilines is 1. The summed E-state index contributed by atoms with van der Waals surface area (Å²) in [6.45, 7) is 1.10. The molecule has 16 heavy (non-hydrogen) atoms. The molecular formula is C9H13ClN4O2. The van der Waals surface area contributed by atoms with Crippen LogP contribution in [0.5, 0.6) is 0 Å². The number of hydrogen-bond donors (Lipinski definition) is 2. The summed E-state index contributed by atoms with van der Waals surface area (Å²) in [4.78, 5) is 19.0. The molecule has 1 aromatic heterocycles. The van der Waals surface area contributed by atoms with Gasteiger partial charge in [-0.3, -0.25) is 9.78 Å². The molecule has 0 bridgehead atoms. The van der Waals surface area contributed by atoms with Crippen LogP contribution >= 0.6 is 11.6 Å². The van der Waals surface area contributed by atoms with Gasteiger partial charge in [0.2, 0.25) is 5.91 Å². The first-order valence-electron chi connectivity index (χ1n) is 4.69. The second-order valence-electron chi connectivity index (χ2n) is 2.92. The Kier molecular flexibility index (Phi) is 5.52. The predicted octanol–water partition coefficient (Wildman–Crippen LogP) is 0.305. The first-order valence-corrected chi connectivity index (χ1v) is 5.07. The van der Waals surface area contributed by atoms with E-state index in [0.717, 1.165) is 0 Å². The van der Waals surface area contributed by atoms with Gasteiger partial charge in [-0.15, -0.1) is 0 Å². The highest BCUT2D eigenvalue weighted by Crippen LogP contribution is 2.05. The molecule has 0 saturated heterocycles. The Morgan fingerprint density at radius 1 is 1.56 bits per heavy atom. The number of amides is 1. The monoisotopic (exact) mass is 244 g/mol. The average Bonchev–Trinajstić information content (AvgIpc) is 2.27. The summed E-state index contributed by atoms with van der Waals surface area (Å²) < 4.78 is 4.80. The summed E-state index contributed by atoms with van der Waals surface area (Å²) in [7, 11) is 1.58. The SMILES string of the molecule is COCCNC(=O)CNc1cncc(Cl)n1. The fourth-order valence-electron chi connectivity index (χ4n) is 0.953. The summed E-state index contributed by atoms with van der Waals surface area (Å²) in [5.74, 6) is 0.327. The summed E-state index contributed by atoms with van der Waals surface area (Å²) in [6, 6.07) is 0. The second kappa shape index (κ2) is 6.97. The number of rotatable bonds is 6. The fourth-order valence-corrected chi connectivity index (χ4v) is 1.10. The molecule has 0 radical (unpaired) electrons. The Morgan fingerprint density at radius 3 is 3.06 bits per heavy atom. The summed E-state index contributed by atoms with van der Waals surface area (Å²) >= 11 is 5.63. The zero-order valence-corrected chi connectivity index (χ0v) is 9.62. The van der Waals surface area contributed by atoms with E-state index in [-0.39, 0.29) is 17.6 Å². The molecule has 0 aromatic carbocycles. The normalized spacial score (nSPS) is 9.88. The molecule has 1 heterocycles. The van der Waals surface area contributed by atoms with Crippen molar-refractivity contribution in [3.05, 3.63) is 17.5 Å². The minimum absolute atomic E-state index is 0.124. The van der Waals surface area contributed by atoms with E-state index in [4.69, 9.17) is 16.3 Å². The zero-order valence-electron chi connectivity index (χ0n) is 8.86. The molecule has 2 N–H and O–H groups in total.